The summed E-state index contributed by atoms with van der Waals surface area (Å²) in [6, 6.07) is 12.1. The molecule has 2 aliphatic heterocycles. The highest BCUT2D eigenvalue weighted by molar-refractivity contribution is 6.23. The van der Waals surface area contributed by atoms with Crippen molar-refractivity contribution >= 4 is 23.4 Å². The normalized spacial score (nSPS) is 17.6. The van der Waals surface area contributed by atoms with Crippen LogP contribution in [0.1, 0.15) is 64.5 Å². The smallest absolute Gasteiger partial charge is 0.257 e. The molecule has 2 heterocycles. The Bertz CT molecular complexity index is 1100. The number of anilines is 1. The SMILES string of the molecule is CC(C)c1ccc(N2C(=O)CC(N(Cc3ccc4c(c3)OCO4)C(=O)CC(C)(C)C)C2=O)cc1. The van der Waals surface area contributed by atoms with Gasteiger partial charge >= 0.3 is 0 Å². The van der Waals surface area contributed by atoms with E-state index in [-0.39, 0.29) is 49.3 Å². The van der Waals surface area contributed by atoms with Gasteiger partial charge in [-0.1, -0.05) is 52.8 Å². The molecule has 0 N–H and O–H groups in total. The van der Waals surface area contributed by atoms with E-state index in [1.165, 1.54) is 4.90 Å². The quantitative estimate of drug-likeness (QED) is 0.583. The fourth-order valence-corrected chi connectivity index (χ4v) is 4.30. The van der Waals surface area contributed by atoms with Crippen LogP contribution in [0.15, 0.2) is 42.5 Å². The number of hydrogen-bond donors (Lipinski definition) is 0. The number of nitrogens with zero attached hydrogens (tertiary/aromatic N) is 2. The van der Waals surface area contributed by atoms with E-state index in [0.29, 0.717) is 23.1 Å². The third-order valence-corrected chi connectivity index (χ3v) is 6.11. The van der Waals surface area contributed by atoms with Crippen LogP contribution >= 0.6 is 0 Å². The number of hydrogen-bond acceptors (Lipinski definition) is 5. The zero-order valence-electron chi connectivity index (χ0n) is 20.5. The molecule has 7 nitrogen and oxygen atoms in total. The monoisotopic (exact) mass is 464 g/mol. The molecule has 2 aromatic rings. The molecule has 1 fully saturated rings. The summed E-state index contributed by atoms with van der Waals surface area (Å²) in [5.74, 6) is 0.782. The summed E-state index contributed by atoms with van der Waals surface area (Å²) in [5.41, 5.74) is 2.21. The van der Waals surface area contributed by atoms with E-state index in [4.69, 9.17) is 9.47 Å². The van der Waals surface area contributed by atoms with Crippen molar-refractivity contribution < 1.29 is 23.9 Å². The maximum atomic E-state index is 13.5. The van der Waals surface area contributed by atoms with Crippen LogP contribution in [-0.4, -0.2) is 35.5 Å². The van der Waals surface area contributed by atoms with Gasteiger partial charge in [-0.2, -0.15) is 0 Å². The molecule has 34 heavy (non-hydrogen) atoms. The maximum Gasteiger partial charge on any atom is 0.257 e. The van der Waals surface area contributed by atoms with Gasteiger partial charge in [-0.05, 0) is 46.7 Å². The summed E-state index contributed by atoms with van der Waals surface area (Å²) in [5, 5.41) is 0. The lowest BCUT2D eigenvalue weighted by molar-refractivity contribution is -0.140. The van der Waals surface area contributed by atoms with Gasteiger partial charge < -0.3 is 14.4 Å². The second-order valence-electron chi connectivity index (χ2n) is 10.5. The first-order chi connectivity index (χ1) is 16.0. The number of rotatable bonds is 6. The first-order valence-electron chi connectivity index (χ1n) is 11.7. The molecule has 1 saturated heterocycles. The molecule has 2 aromatic carbocycles. The second-order valence-corrected chi connectivity index (χ2v) is 10.5. The summed E-state index contributed by atoms with van der Waals surface area (Å²) >= 11 is 0. The first kappa shape index (κ1) is 23.8. The molecular weight excluding hydrogens is 432 g/mol. The zero-order valence-corrected chi connectivity index (χ0v) is 20.5. The van der Waals surface area contributed by atoms with Gasteiger partial charge in [-0.25, -0.2) is 4.90 Å². The van der Waals surface area contributed by atoms with Crippen LogP contribution in [0.2, 0.25) is 0 Å². The number of benzene rings is 2. The predicted octanol–water partition coefficient (Wildman–Crippen LogP) is 4.64. The molecule has 0 radical (unpaired) electrons. The van der Waals surface area contributed by atoms with Crippen LogP contribution in [0.5, 0.6) is 11.5 Å². The molecular formula is C27H32N2O5. The van der Waals surface area contributed by atoms with Crippen molar-refractivity contribution in [1.82, 2.24) is 4.90 Å². The van der Waals surface area contributed by atoms with Crippen molar-refractivity contribution in [3.05, 3.63) is 53.6 Å². The van der Waals surface area contributed by atoms with Gasteiger partial charge in [0, 0.05) is 13.0 Å². The molecule has 4 rings (SSSR count). The largest absolute Gasteiger partial charge is 0.454 e. The van der Waals surface area contributed by atoms with E-state index in [0.717, 1.165) is 11.1 Å². The lowest BCUT2D eigenvalue weighted by Crippen LogP contribution is -2.46. The Kier molecular flexibility index (Phi) is 6.39. The topological polar surface area (TPSA) is 76.2 Å². The zero-order chi connectivity index (χ0) is 24.6. The summed E-state index contributed by atoms with van der Waals surface area (Å²) in [4.78, 5) is 42.6. The Labute approximate surface area is 200 Å². The lowest BCUT2D eigenvalue weighted by Gasteiger charge is -2.30. The van der Waals surface area contributed by atoms with E-state index in [1.54, 1.807) is 23.1 Å². The highest BCUT2D eigenvalue weighted by atomic mass is 16.7. The van der Waals surface area contributed by atoms with E-state index < -0.39 is 6.04 Å². The van der Waals surface area contributed by atoms with Crippen LogP contribution in [0.3, 0.4) is 0 Å². The minimum absolute atomic E-state index is 0.0365. The van der Waals surface area contributed by atoms with Crippen molar-refractivity contribution in [2.45, 2.75) is 66.0 Å². The van der Waals surface area contributed by atoms with Gasteiger partial charge in [0.2, 0.25) is 18.6 Å². The Morgan fingerprint density at radius 1 is 1.06 bits per heavy atom. The van der Waals surface area contributed by atoms with Crippen molar-refractivity contribution in [2.75, 3.05) is 11.7 Å². The van der Waals surface area contributed by atoms with E-state index >= 15 is 0 Å². The van der Waals surface area contributed by atoms with Crippen molar-refractivity contribution in [2.24, 2.45) is 5.41 Å². The fraction of sp³-hybridized carbons (Fsp3) is 0.444. The summed E-state index contributed by atoms with van der Waals surface area (Å²) in [6.45, 7) is 10.5. The molecule has 0 bridgehead atoms. The molecule has 7 heteroatoms. The van der Waals surface area contributed by atoms with Gasteiger partial charge in [0.1, 0.15) is 6.04 Å². The third-order valence-electron chi connectivity index (χ3n) is 6.11. The molecule has 0 saturated carbocycles. The highest BCUT2D eigenvalue weighted by Gasteiger charge is 2.44. The molecule has 2 aliphatic rings. The van der Waals surface area contributed by atoms with Gasteiger partial charge in [0.15, 0.2) is 11.5 Å². The molecule has 0 spiro atoms. The Balaban J connectivity index is 1.62. The van der Waals surface area contributed by atoms with E-state index in [2.05, 4.69) is 13.8 Å². The minimum atomic E-state index is -0.849. The lowest BCUT2D eigenvalue weighted by atomic mass is 9.91. The molecule has 180 valence electrons. The third kappa shape index (κ3) is 4.93. The molecule has 1 unspecified atom stereocenters. The Morgan fingerprint density at radius 2 is 1.74 bits per heavy atom. The van der Waals surface area contributed by atoms with Gasteiger partial charge in [0.25, 0.3) is 5.91 Å². The average Bonchev–Trinajstić information content (AvgIpc) is 3.34. The predicted molar refractivity (Wildman–Crippen MR) is 129 cm³/mol. The summed E-state index contributed by atoms with van der Waals surface area (Å²) in [7, 11) is 0. The Morgan fingerprint density at radius 3 is 2.38 bits per heavy atom. The number of ether oxygens (including phenoxy) is 2. The molecule has 3 amide bonds. The standard InChI is InChI=1S/C27H32N2O5/c1-17(2)19-7-9-20(10-8-19)29-24(30)13-21(26(29)32)28(25(31)14-27(3,4)5)15-18-6-11-22-23(12-18)34-16-33-22/h6-12,17,21H,13-16H2,1-5H3. The van der Waals surface area contributed by atoms with Crippen molar-refractivity contribution in [3.8, 4) is 11.5 Å². The van der Waals surface area contributed by atoms with Gasteiger partial charge in [-0.15, -0.1) is 0 Å². The average molecular weight is 465 g/mol. The van der Waals surface area contributed by atoms with Gasteiger partial charge in [0.05, 0.1) is 12.1 Å². The van der Waals surface area contributed by atoms with E-state index in [9.17, 15) is 14.4 Å². The van der Waals surface area contributed by atoms with Crippen LogP contribution in [0.25, 0.3) is 0 Å². The number of carbonyl (C=O) groups is 3. The van der Waals surface area contributed by atoms with Gasteiger partial charge in [-0.3, -0.25) is 14.4 Å². The van der Waals surface area contributed by atoms with Crippen molar-refractivity contribution in [3.63, 3.8) is 0 Å². The minimum Gasteiger partial charge on any atom is -0.454 e. The molecule has 0 aromatic heterocycles. The van der Waals surface area contributed by atoms with Crippen LogP contribution in [-0.2, 0) is 20.9 Å². The Hall–Kier alpha value is -3.35. The molecule has 0 aliphatic carbocycles. The number of imide groups is 1. The second kappa shape index (κ2) is 9.12. The fourth-order valence-electron chi connectivity index (χ4n) is 4.30. The van der Waals surface area contributed by atoms with Crippen LogP contribution in [0.4, 0.5) is 5.69 Å². The van der Waals surface area contributed by atoms with E-state index in [1.807, 2.05) is 45.0 Å². The number of carbonyl (C=O) groups excluding carboxylic acids is 3. The number of amides is 3. The van der Waals surface area contributed by atoms with Crippen LogP contribution < -0.4 is 14.4 Å². The highest BCUT2D eigenvalue weighted by Crippen LogP contribution is 2.34. The van der Waals surface area contributed by atoms with Crippen molar-refractivity contribution in [1.29, 1.82) is 0 Å². The number of fused-ring (bicyclic) bond motifs is 1. The summed E-state index contributed by atoms with van der Waals surface area (Å²) in [6.07, 6.45) is 0.226. The first-order valence-corrected chi connectivity index (χ1v) is 11.7. The van der Waals surface area contributed by atoms with Crippen LogP contribution in [0, 0.1) is 5.41 Å². The molecule has 1 atom stereocenters. The summed E-state index contributed by atoms with van der Waals surface area (Å²) < 4.78 is 10.9. The maximum absolute atomic E-state index is 13.5.